The Morgan fingerprint density at radius 2 is 0.574 bits per heavy atom. The van der Waals surface area contributed by atoms with Gasteiger partial charge in [0.25, 0.3) is 0 Å². The zero-order valence-electron chi connectivity index (χ0n) is 76.1. The van der Waals surface area contributed by atoms with Crippen LogP contribution in [0.4, 0.5) is 0 Å². The summed E-state index contributed by atoms with van der Waals surface area (Å²) in [5.41, 5.74) is 23.6. The van der Waals surface area contributed by atoms with Gasteiger partial charge in [0.15, 0.2) is 0 Å². The molecule has 6 atom stereocenters. The number of fused-ring (bicyclic) bond motifs is 6. The van der Waals surface area contributed by atoms with Gasteiger partial charge in [0, 0.05) is 168 Å². The van der Waals surface area contributed by atoms with E-state index in [0.29, 0.717) is 90.0 Å². The van der Waals surface area contributed by atoms with E-state index in [-0.39, 0.29) is 71.0 Å². The lowest BCUT2D eigenvalue weighted by Crippen LogP contribution is -2.38. The van der Waals surface area contributed by atoms with E-state index >= 15 is 0 Å². The highest BCUT2D eigenvalue weighted by molar-refractivity contribution is 9.11. The smallest absolute Gasteiger partial charge is 0.335 e. The molecule has 18 rings (SSSR count). The molecule has 6 heterocycles. The molecular weight excluding hydrogens is 2000 g/mol. The minimum Gasteiger partial charge on any atom is -0.423 e. The second-order valence-corrected chi connectivity index (χ2v) is 38.2. The Bertz CT molecular complexity index is 6160. The Labute approximate surface area is 839 Å². The molecule has 0 unspecified atom stereocenters. The fourth-order valence-electron chi connectivity index (χ4n) is 18.4. The van der Waals surface area contributed by atoms with Crippen molar-refractivity contribution in [2.24, 2.45) is 0 Å². The second kappa shape index (κ2) is 47.2. The number of halogens is 6. The van der Waals surface area contributed by atoms with Gasteiger partial charge in [-0.25, -0.2) is 9.59 Å². The summed E-state index contributed by atoms with van der Waals surface area (Å²) in [6, 6.07) is 88.6. The number of benzene rings is 12. The Balaban J connectivity index is 0.000000138. The van der Waals surface area contributed by atoms with Crippen LogP contribution in [0.15, 0.2) is 361 Å². The van der Waals surface area contributed by atoms with Crippen LogP contribution in [0.3, 0.4) is 0 Å². The predicted molar refractivity (Wildman–Crippen MR) is 555 cm³/mol. The normalized spacial score (nSPS) is 16.7. The van der Waals surface area contributed by atoms with Crippen LogP contribution in [0.2, 0.25) is 10.0 Å². The molecule has 0 N–H and O–H groups in total. The van der Waals surface area contributed by atoms with Crippen LogP contribution in [-0.4, -0.2) is 116 Å². The number of aryl methyl sites for hydroxylation is 2. The molecule has 136 heavy (non-hydrogen) atoms. The number of carbonyl (C=O) groups is 8. The van der Waals surface area contributed by atoms with E-state index in [1.807, 2.05) is 187 Å². The molecule has 0 radical (unpaired) electrons. The van der Waals surface area contributed by atoms with Gasteiger partial charge in [-0.1, -0.05) is 308 Å². The molecule has 692 valence electrons. The van der Waals surface area contributed by atoms with Crippen molar-refractivity contribution in [1.82, 2.24) is 29.4 Å². The molecule has 0 saturated heterocycles. The quantitative estimate of drug-likeness (QED) is 0.0579. The lowest BCUT2D eigenvalue weighted by molar-refractivity contribution is -0.130. The molecule has 0 fully saturated rings. The molecule has 12 aromatic rings. The minimum absolute atomic E-state index is 0.00565. The van der Waals surface area contributed by atoms with Crippen LogP contribution < -0.4 is 9.47 Å². The molecule has 0 spiro atoms. The lowest BCUT2D eigenvalue weighted by Gasteiger charge is -2.35. The minimum atomic E-state index is -0.485. The maximum atomic E-state index is 12.1. The fraction of sp³-hybridized carbons (Fsp3) is 0.193. The van der Waals surface area contributed by atoms with Crippen LogP contribution in [0.5, 0.6) is 11.5 Å². The van der Waals surface area contributed by atoms with E-state index < -0.39 is 11.9 Å². The molecule has 6 aliphatic heterocycles. The lowest BCUT2D eigenvalue weighted by atomic mass is 9.83. The van der Waals surface area contributed by atoms with Gasteiger partial charge in [-0.3, -0.25) is 28.8 Å². The van der Waals surface area contributed by atoms with Crippen LogP contribution in [-0.2, 0) is 77.6 Å². The Hall–Kier alpha value is -12.7. The molecule has 0 bridgehead atoms. The third-order valence-corrected chi connectivity index (χ3v) is 27.8. The molecule has 16 nitrogen and oxygen atoms in total. The third-order valence-electron chi connectivity index (χ3n) is 25.2. The maximum Gasteiger partial charge on any atom is 0.335 e. The largest absolute Gasteiger partial charge is 0.423 e. The van der Waals surface area contributed by atoms with Crippen molar-refractivity contribution in [3.8, 4) is 11.5 Å². The summed E-state index contributed by atoms with van der Waals surface area (Å²) in [5, 5.41) is 1.46. The van der Waals surface area contributed by atoms with E-state index in [2.05, 4.69) is 214 Å². The summed E-state index contributed by atoms with van der Waals surface area (Å²) < 4.78 is 14.7. The van der Waals surface area contributed by atoms with Crippen molar-refractivity contribution in [3.05, 3.63) is 482 Å². The monoisotopic (exact) mass is 2100 g/mol. The Kier molecular flexibility index (Phi) is 35.0. The average Bonchev–Trinajstić information content (AvgIpc) is 0.754. The first-order valence-electron chi connectivity index (χ1n) is 44.5. The number of hydrogen-bond donors (Lipinski definition) is 0. The highest BCUT2D eigenvalue weighted by Crippen LogP contribution is 2.45. The van der Waals surface area contributed by atoms with Crippen LogP contribution in [0.1, 0.15) is 161 Å². The number of rotatable bonds is 14. The van der Waals surface area contributed by atoms with E-state index in [1.165, 1.54) is 91.1 Å². The Morgan fingerprint density at radius 1 is 0.287 bits per heavy atom. The van der Waals surface area contributed by atoms with Crippen molar-refractivity contribution in [3.63, 3.8) is 0 Å². The van der Waals surface area contributed by atoms with E-state index in [1.54, 1.807) is 26.0 Å². The summed E-state index contributed by atoms with van der Waals surface area (Å²) in [7, 11) is 0. The van der Waals surface area contributed by atoms with Gasteiger partial charge < -0.3 is 38.9 Å². The second-order valence-electron chi connectivity index (χ2n) is 33.7. The van der Waals surface area contributed by atoms with E-state index in [4.69, 9.17) is 32.7 Å². The highest BCUT2D eigenvalue weighted by atomic mass is 79.9. The highest BCUT2D eigenvalue weighted by Gasteiger charge is 2.36. The number of ether oxygens (including phenoxy) is 2. The van der Waals surface area contributed by atoms with Crippen molar-refractivity contribution in [2.45, 2.75) is 102 Å². The van der Waals surface area contributed by atoms with E-state index in [9.17, 15) is 38.4 Å². The summed E-state index contributed by atoms with van der Waals surface area (Å²) in [5.74, 6) is 0.648. The zero-order chi connectivity index (χ0) is 97.0. The van der Waals surface area contributed by atoms with Gasteiger partial charge in [0.05, 0.1) is 0 Å². The fourth-order valence-corrected chi connectivity index (χ4v) is 20.9. The molecule has 0 aromatic heterocycles. The summed E-state index contributed by atoms with van der Waals surface area (Å²) >= 11 is 27.1. The molecule has 22 heteroatoms. The van der Waals surface area contributed by atoms with E-state index in [0.717, 1.165) is 84.6 Å². The summed E-state index contributed by atoms with van der Waals surface area (Å²) in [4.78, 5) is 106. The first kappa shape index (κ1) is 101. The summed E-state index contributed by atoms with van der Waals surface area (Å²) in [6.07, 6.45) is 7.82. The third kappa shape index (κ3) is 25.0. The van der Waals surface area contributed by atoms with Crippen molar-refractivity contribution in [1.29, 1.82) is 0 Å². The number of esters is 2. The number of nitrogens with zero attached hydrogens (tertiary/aromatic N) is 6. The van der Waals surface area contributed by atoms with Crippen LogP contribution in [0, 0.1) is 13.8 Å². The van der Waals surface area contributed by atoms with Crippen LogP contribution in [0.25, 0.3) is 0 Å². The molecule has 6 aliphatic rings. The van der Waals surface area contributed by atoms with Gasteiger partial charge in [0.1, 0.15) is 11.5 Å². The van der Waals surface area contributed by atoms with Crippen LogP contribution >= 0.6 is 86.9 Å². The molecule has 0 saturated carbocycles. The maximum absolute atomic E-state index is 12.1. The molecule has 6 amide bonds. The predicted octanol–water partition coefficient (Wildman–Crippen LogP) is 24.9. The van der Waals surface area contributed by atoms with Crippen molar-refractivity contribution < 1.29 is 47.8 Å². The first-order valence-corrected chi connectivity index (χ1v) is 48.4. The van der Waals surface area contributed by atoms with Gasteiger partial charge in [-0.05, 0) is 234 Å². The van der Waals surface area contributed by atoms with Crippen molar-refractivity contribution >= 4 is 134 Å². The molecule has 0 aliphatic carbocycles. The zero-order valence-corrected chi connectivity index (χ0v) is 83.9. The Morgan fingerprint density at radius 3 is 0.919 bits per heavy atom. The van der Waals surface area contributed by atoms with Gasteiger partial charge in [-0.15, -0.1) is 0 Å². The summed E-state index contributed by atoms with van der Waals surface area (Å²) in [6.45, 7) is 36.3. The molecule has 12 aromatic carbocycles. The standard InChI is InChI=1S/2C20H19NO3.2C19H18BrNO.2C18H15BrClNO/c2*1-3-20(23)24-17-9-6-8-15(11-17)19-13-21(14(2)22)12-16-7-4-5-10-18(16)19;2*1-3-19(22)21-11-17-13(2)9-15(20)10-16(17)18(12-21)14-7-5-4-6-8-14;2*1-2-18(22)21-10-12-7-8-13(19)9-15(12)16(11-21)14-5-3-4-6-17(14)20/h2*3-11,19H,1,12-13H2,2H3;2*3-10,18H,1,11-12H2,2H3;2*2-9,16H,1,10-11H2/t2*19-;2*18-;2*16-/m101010/s1. The van der Waals surface area contributed by atoms with Gasteiger partial charge in [0.2, 0.25) is 35.4 Å². The average molecular weight is 2110 g/mol. The number of amides is 6. The van der Waals surface area contributed by atoms with Gasteiger partial charge >= 0.3 is 11.9 Å². The number of carbonyl (C=O) groups excluding carboxylic acids is 8. The SMILES string of the molecule is C=CC(=O)N1Cc2c(C)cc(Br)cc2[C@@H](c2ccccc2)C1.C=CC(=O)N1Cc2c(C)cc(Br)cc2[C@H](c2ccccc2)C1.C=CC(=O)N1Cc2ccc(Br)cc2[C@@H](c2ccccc2Cl)C1.C=CC(=O)N1Cc2ccc(Br)cc2[C@H](c2ccccc2Cl)C1.C=CC(=O)Oc1cccc([C@@H]2CN(C(C)=O)Cc3ccccc32)c1.C=CC(=O)Oc1cccc([C@H]2CN(C(C)=O)Cc3ccccc32)c1. The first-order chi connectivity index (χ1) is 65.5. The van der Waals surface area contributed by atoms with Crippen molar-refractivity contribution in [2.75, 3.05) is 39.3 Å². The topological polar surface area (TPSA) is 174 Å². The van der Waals surface area contributed by atoms with Gasteiger partial charge in [-0.2, -0.15) is 0 Å². The number of hydrogen-bond acceptors (Lipinski definition) is 10. The molecular formula is C114H104Br4Cl2N6O10.